The van der Waals surface area contributed by atoms with Crippen LogP contribution in [0.4, 0.5) is 0 Å². The Bertz CT molecular complexity index is 338. The Balaban J connectivity index is 3.10. The lowest BCUT2D eigenvalue weighted by Gasteiger charge is -2.22. The predicted octanol–water partition coefficient (Wildman–Crippen LogP) is -1.29. The van der Waals surface area contributed by atoms with E-state index in [2.05, 4.69) is 9.47 Å². The summed E-state index contributed by atoms with van der Waals surface area (Å²) in [4.78, 5) is 34.2. The molecule has 0 radical (unpaired) electrons. The van der Waals surface area contributed by atoms with E-state index >= 15 is 0 Å². The molecular weight excluding hydrogens is 244 g/mol. The summed E-state index contributed by atoms with van der Waals surface area (Å²) in [5.41, 5.74) is 0. The van der Waals surface area contributed by atoms with Gasteiger partial charge in [-0.25, -0.2) is 0 Å². The zero-order valence-corrected chi connectivity index (χ0v) is 10.1. The molecule has 1 rings (SSSR count). The SMILES string of the molecule is COC(=O)[C@@H]1[C@H](C(=O)OC)[C@H](C=O)C[C@H]1C(O)O. The van der Waals surface area contributed by atoms with Gasteiger partial charge in [0, 0.05) is 11.8 Å². The highest BCUT2D eigenvalue weighted by molar-refractivity contribution is 5.86. The first-order valence-electron chi connectivity index (χ1n) is 5.45. The molecule has 0 saturated heterocycles. The van der Waals surface area contributed by atoms with Crippen LogP contribution in [-0.2, 0) is 23.9 Å². The van der Waals surface area contributed by atoms with Gasteiger partial charge < -0.3 is 24.5 Å². The van der Waals surface area contributed by atoms with E-state index in [1.54, 1.807) is 0 Å². The summed E-state index contributed by atoms with van der Waals surface area (Å²) in [5, 5.41) is 18.5. The van der Waals surface area contributed by atoms with Crippen molar-refractivity contribution in [3.8, 4) is 0 Å². The highest BCUT2D eigenvalue weighted by Gasteiger charge is 2.53. The summed E-state index contributed by atoms with van der Waals surface area (Å²) >= 11 is 0. The van der Waals surface area contributed by atoms with Crippen LogP contribution in [0, 0.1) is 23.7 Å². The highest BCUT2D eigenvalue weighted by Crippen LogP contribution is 2.43. The van der Waals surface area contributed by atoms with Crippen LogP contribution in [0.2, 0.25) is 0 Å². The maximum absolute atomic E-state index is 11.7. The maximum Gasteiger partial charge on any atom is 0.310 e. The van der Waals surface area contributed by atoms with Gasteiger partial charge in [-0.15, -0.1) is 0 Å². The molecule has 0 heterocycles. The van der Waals surface area contributed by atoms with Gasteiger partial charge in [-0.05, 0) is 6.42 Å². The molecule has 102 valence electrons. The number of methoxy groups -OCH3 is 2. The molecule has 1 saturated carbocycles. The van der Waals surface area contributed by atoms with E-state index in [-0.39, 0.29) is 6.42 Å². The number of esters is 2. The van der Waals surface area contributed by atoms with Crippen molar-refractivity contribution in [3.63, 3.8) is 0 Å². The monoisotopic (exact) mass is 260 g/mol. The van der Waals surface area contributed by atoms with Gasteiger partial charge in [0.2, 0.25) is 0 Å². The lowest BCUT2D eigenvalue weighted by Crippen LogP contribution is -2.37. The van der Waals surface area contributed by atoms with Crippen LogP contribution in [0.25, 0.3) is 0 Å². The van der Waals surface area contributed by atoms with Crippen molar-refractivity contribution in [2.24, 2.45) is 23.7 Å². The fourth-order valence-electron chi connectivity index (χ4n) is 2.50. The van der Waals surface area contributed by atoms with Gasteiger partial charge in [-0.3, -0.25) is 9.59 Å². The van der Waals surface area contributed by atoms with Gasteiger partial charge in [0.25, 0.3) is 0 Å². The molecule has 0 unspecified atom stereocenters. The topological polar surface area (TPSA) is 110 Å². The molecule has 4 atom stereocenters. The fraction of sp³-hybridized carbons (Fsp3) is 0.727. The molecule has 0 bridgehead atoms. The molecule has 0 aromatic carbocycles. The smallest absolute Gasteiger partial charge is 0.310 e. The molecule has 1 fully saturated rings. The summed E-state index contributed by atoms with van der Waals surface area (Å²) in [6.45, 7) is 0. The minimum atomic E-state index is -1.80. The molecular formula is C11H16O7. The van der Waals surface area contributed by atoms with E-state index in [4.69, 9.17) is 0 Å². The lowest BCUT2D eigenvalue weighted by atomic mass is 9.87. The molecule has 7 heteroatoms. The Hall–Kier alpha value is -1.47. The van der Waals surface area contributed by atoms with Gasteiger partial charge in [-0.1, -0.05) is 0 Å². The molecule has 1 aliphatic rings. The van der Waals surface area contributed by atoms with E-state index in [0.717, 1.165) is 14.2 Å². The van der Waals surface area contributed by atoms with Crippen molar-refractivity contribution in [1.29, 1.82) is 0 Å². The molecule has 1 aliphatic carbocycles. The second-order valence-electron chi connectivity index (χ2n) is 4.21. The first-order valence-corrected chi connectivity index (χ1v) is 5.45. The Morgan fingerprint density at radius 3 is 2.06 bits per heavy atom. The summed E-state index contributed by atoms with van der Waals surface area (Å²) in [7, 11) is 2.27. The molecule has 0 aromatic heterocycles. The van der Waals surface area contributed by atoms with E-state index in [0.29, 0.717) is 6.29 Å². The third kappa shape index (κ3) is 2.51. The third-order valence-corrected chi connectivity index (χ3v) is 3.36. The number of hydrogen-bond acceptors (Lipinski definition) is 7. The van der Waals surface area contributed by atoms with Crippen molar-refractivity contribution in [1.82, 2.24) is 0 Å². The second kappa shape index (κ2) is 5.92. The number of aldehydes is 1. The first kappa shape index (κ1) is 14.6. The molecule has 0 aliphatic heterocycles. The van der Waals surface area contributed by atoms with E-state index in [1.807, 2.05) is 0 Å². The van der Waals surface area contributed by atoms with Gasteiger partial charge in [0.05, 0.1) is 26.1 Å². The number of aliphatic hydroxyl groups is 2. The Kier molecular flexibility index (Phi) is 4.80. The minimum Gasteiger partial charge on any atom is -0.469 e. The Labute approximate surface area is 104 Å². The Morgan fingerprint density at radius 2 is 1.67 bits per heavy atom. The van der Waals surface area contributed by atoms with Gasteiger partial charge >= 0.3 is 11.9 Å². The van der Waals surface area contributed by atoms with Crippen molar-refractivity contribution in [3.05, 3.63) is 0 Å². The molecule has 0 spiro atoms. The fourth-order valence-corrected chi connectivity index (χ4v) is 2.50. The highest BCUT2D eigenvalue weighted by atomic mass is 16.5. The van der Waals surface area contributed by atoms with Gasteiger partial charge in [0.1, 0.15) is 6.29 Å². The number of aliphatic hydroxyl groups excluding tert-OH is 1. The number of rotatable bonds is 4. The van der Waals surface area contributed by atoms with Crippen LogP contribution in [-0.4, -0.2) is 48.9 Å². The van der Waals surface area contributed by atoms with Crippen molar-refractivity contribution in [2.75, 3.05) is 14.2 Å². The minimum absolute atomic E-state index is 0.0285. The summed E-state index contributed by atoms with van der Waals surface area (Å²) in [6, 6.07) is 0. The van der Waals surface area contributed by atoms with E-state index in [9.17, 15) is 24.6 Å². The molecule has 2 N–H and O–H groups in total. The van der Waals surface area contributed by atoms with E-state index in [1.165, 1.54) is 0 Å². The maximum atomic E-state index is 11.7. The molecule has 0 aromatic rings. The zero-order chi connectivity index (χ0) is 13.9. The van der Waals surface area contributed by atoms with Gasteiger partial charge in [-0.2, -0.15) is 0 Å². The van der Waals surface area contributed by atoms with Crippen LogP contribution in [0.3, 0.4) is 0 Å². The number of ether oxygens (including phenoxy) is 2. The van der Waals surface area contributed by atoms with Crippen molar-refractivity contribution >= 4 is 18.2 Å². The summed E-state index contributed by atoms with van der Waals surface area (Å²) in [5.74, 6) is -5.31. The van der Waals surface area contributed by atoms with Gasteiger partial charge in [0.15, 0.2) is 6.29 Å². The van der Waals surface area contributed by atoms with Crippen molar-refractivity contribution < 1.29 is 34.1 Å². The Morgan fingerprint density at radius 1 is 1.17 bits per heavy atom. The van der Waals surface area contributed by atoms with Crippen LogP contribution < -0.4 is 0 Å². The third-order valence-electron chi connectivity index (χ3n) is 3.36. The quantitative estimate of drug-likeness (QED) is 0.367. The normalized spacial score (nSPS) is 31.2. The van der Waals surface area contributed by atoms with Crippen LogP contribution >= 0.6 is 0 Å². The average Bonchev–Trinajstić information content (AvgIpc) is 2.76. The van der Waals surface area contributed by atoms with Crippen LogP contribution in [0.1, 0.15) is 6.42 Å². The molecule has 7 nitrogen and oxygen atoms in total. The molecule has 18 heavy (non-hydrogen) atoms. The number of carbonyl (C=O) groups is 3. The zero-order valence-electron chi connectivity index (χ0n) is 10.1. The lowest BCUT2D eigenvalue weighted by molar-refractivity contribution is -0.164. The largest absolute Gasteiger partial charge is 0.469 e. The summed E-state index contributed by atoms with van der Waals surface area (Å²) in [6.07, 6.45) is -1.24. The summed E-state index contributed by atoms with van der Waals surface area (Å²) < 4.78 is 9.10. The molecule has 0 amide bonds. The number of hydrogen-bond donors (Lipinski definition) is 2. The van der Waals surface area contributed by atoms with Crippen LogP contribution in [0.5, 0.6) is 0 Å². The first-order chi connectivity index (χ1) is 8.47. The predicted molar refractivity (Wildman–Crippen MR) is 56.9 cm³/mol. The van der Waals surface area contributed by atoms with Crippen LogP contribution in [0.15, 0.2) is 0 Å². The van der Waals surface area contributed by atoms with Crippen molar-refractivity contribution in [2.45, 2.75) is 12.7 Å². The van der Waals surface area contributed by atoms with E-state index < -0.39 is 41.9 Å². The second-order valence-corrected chi connectivity index (χ2v) is 4.21. The standard InChI is InChI=1S/C11H16O7/c1-17-10(15)7-5(4-12)3-6(9(13)14)8(7)11(16)18-2/h4-9,13-14H,3H2,1-2H3/t5-,6+,7+,8-/m0/s1. The average molecular weight is 260 g/mol. The number of carbonyl (C=O) groups excluding carboxylic acids is 3.